The zero-order valence-electron chi connectivity index (χ0n) is 11.6. The van der Waals surface area contributed by atoms with E-state index in [1.165, 1.54) is 0 Å². The number of piperidine rings is 1. The Balaban J connectivity index is 1.70. The highest BCUT2D eigenvalue weighted by atomic mass is 16.6. The van der Waals surface area contributed by atoms with Gasteiger partial charge in [-0.2, -0.15) is 5.10 Å². The van der Waals surface area contributed by atoms with E-state index in [2.05, 4.69) is 10.4 Å². The predicted molar refractivity (Wildman–Crippen MR) is 71.7 cm³/mol. The number of hydrogen-bond donors (Lipinski definition) is 1. The number of likely N-dealkylation sites (tertiary alicyclic amines) is 1. The van der Waals surface area contributed by atoms with Gasteiger partial charge in [-0.1, -0.05) is 0 Å². The third kappa shape index (κ3) is 3.96. The number of carbonyl (C=O) groups excluding carboxylic acids is 1. The molecule has 1 amide bonds. The lowest BCUT2D eigenvalue weighted by Crippen LogP contribution is -2.44. The van der Waals surface area contributed by atoms with Gasteiger partial charge in [0.15, 0.2) is 0 Å². The Hall–Kier alpha value is -1.56. The maximum atomic E-state index is 11.6. The molecule has 0 atom stereocenters. The summed E-state index contributed by atoms with van der Waals surface area (Å²) in [6.07, 6.45) is 3.68. The first-order valence-electron chi connectivity index (χ1n) is 6.82. The lowest BCUT2D eigenvalue weighted by atomic mass is 10.1. The van der Waals surface area contributed by atoms with E-state index in [1.807, 2.05) is 26.2 Å². The number of carbonyl (C=O) groups is 1. The first-order chi connectivity index (χ1) is 9.19. The van der Waals surface area contributed by atoms with Gasteiger partial charge >= 0.3 is 6.09 Å². The van der Waals surface area contributed by atoms with Crippen LogP contribution in [0.2, 0.25) is 0 Å². The van der Waals surface area contributed by atoms with E-state index in [4.69, 9.17) is 4.74 Å². The molecule has 6 nitrogen and oxygen atoms in total. The second-order valence-corrected chi connectivity index (χ2v) is 4.82. The molecule has 2 rings (SSSR count). The number of amides is 1. The molecule has 0 aromatic carbocycles. The van der Waals surface area contributed by atoms with Gasteiger partial charge in [-0.25, -0.2) is 4.79 Å². The van der Waals surface area contributed by atoms with Crippen molar-refractivity contribution in [2.75, 3.05) is 19.7 Å². The molecule has 2 heterocycles. The maximum absolute atomic E-state index is 11.6. The molecule has 1 aromatic rings. The SMILES string of the molecule is CCOC(=O)N1CCC(NCc2ccn(C)n2)CC1. The molecule has 1 fully saturated rings. The number of hydrogen-bond acceptors (Lipinski definition) is 4. The van der Waals surface area contributed by atoms with E-state index in [0.29, 0.717) is 12.6 Å². The zero-order valence-corrected chi connectivity index (χ0v) is 11.6. The van der Waals surface area contributed by atoms with Crippen LogP contribution in [0, 0.1) is 0 Å². The van der Waals surface area contributed by atoms with Crippen LogP contribution in [0.15, 0.2) is 12.3 Å². The summed E-state index contributed by atoms with van der Waals surface area (Å²) in [6, 6.07) is 2.47. The van der Waals surface area contributed by atoms with Gasteiger partial charge < -0.3 is 15.0 Å². The van der Waals surface area contributed by atoms with Crippen molar-refractivity contribution in [1.82, 2.24) is 20.0 Å². The molecule has 0 aliphatic carbocycles. The molecular formula is C13H22N4O2. The third-order valence-corrected chi connectivity index (χ3v) is 3.36. The molecular weight excluding hydrogens is 244 g/mol. The van der Waals surface area contributed by atoms with Crippen molar-refractivity contribution in [3.8, 4) is 0 Å². The van der Waals surface area contributed by atoms with Crippen LogP contribution < -0.4 is 5.32 Å². The highest BCUT2D eigenvalue weighted by Gasteiger charge is 2.23. The fourth-order valence-electron chi connectivity index (χ4n) is 2.29. The minimum atomic E-state index is -0.189. The standard InChI is InChI=1S/C13H22N4O2/c1-3-19-13(18)17-8-5-11(6-9-17)14-10-12-4-7-16(2)15-12/h4,7,11,14H,3,5-6,8-10H2,1-2H3. The zero-order chi connectivity index (χ0) is 13.7. The Morgan fingerprint density at radius 3 is 2.84 bits per heavy atom. The van der Waals surface area contributed by atoms with Crippen molar-refractivity contribution in [3.63, 3.8) is 0 Å². The Morgan fingerprint density at radius 2 is 2.26 bits per heavy atom. The van der Waals surface area contributed by atoms with Crippen molar-refractivity contribution >= 4 is 6.09 Å². The molecule has 0 spiro atoms. The van der Waals surface area contributed by atoms with Gasteiger partial charge in [-0.05, 0) is 25.8 Å². The van der Waals surface area contributed by atoms with Gasteiger partial charge in [0, 0.05) is 38.9 Å². The van der Waals surface area contributed by atoms with Crippen molar-refractivity contribution in [2.24, 2.45) is 7.05 Å². The highest BCUT2D eigenvalue weighted by Crippen LogP contribution is 2.12. The second kappa shape index (κ2) is 6.56. The van der Waals surface area contributed by atoms with Crippen LogP contribution in [0.3, 0.4) is 0 Å². The second-order valence-electron chi connectivity index (χ2n) is 4.82. The monoisotopic (exact) mass is 266 g/mol. The molecule has 0 radical (unpaired) electrons. The van der Waals surface area contributed by atoms with E-state index >= 15 is 0 Å². The van der Waals surface area contributed by atoms with Gasteiger partial charge in [-0.3, -0.25) is 4.68 Å². The summed E-state index contributed by atoms with van der Waals surface area (Å²) >= 11 is 0. The Kier molecular flexibility index (Phi) is 4.79. The summed E-state index contributed by atoms with van der Waals surface area (Å²) in [6.45, 7) is 4.58. The van der Waals surface area contributed by atoms with E-state index in [1.54, 1.807) is 9.58 Å². The van der Waals surface area contributed by atoms with Gasteiger partial charge in [0.1, 0.15) is 0 Å². The van der Waals surface area contributed by atoms with Crippen LogP contribution in [-0.4, -0.2) is 46.5 Å². The molecule has 1 saturated heterocycles. The normalized spacial score (nSPS) is 16.6. The minimum Gasteiger partial charge on any atom is -0.450 e. The third-order valence-electron chi connectivity index (χ3n) is 3.36. The molecule has 1 aromatic heterocycles. The summed E-state index contributed by atoms with van der Waals surface area (Å²) in [4.78, 5) is 13.3. The number of rotatable bonds is 4. The molecule has 1 N–H and O–H groups in total. The lowest BCUT2D eigenvalue weighted by molar-refractivity contribution is 0.0949. The fraction of sp³-hybridized carbons (Fsp3) is 0.692. The van der Waals surface area contributed by atoms with Crippen LogP contribution in [0.1, 0.15) is 25.5 Å². The minimum absolute atomic E-state index is 0.189. The Bertz CT molecular complexity index is 411. The van der Waals surface area contributed by atoms with E-state index < -0.39 is 0 Å². The number of aryl methyl sites for hydroxylation is 1. The number of aromatic nitrogens is 2. The first-order valence-corrected chi connectivity index (χ1v) is 6.82. The van der Waals surface area contributed by atoms with Gasteiger partial charge in [0.25, 0.3) is 0 Å². The highest BCUT2D eigenvalue weighted by molar-refractivity contribution is 5.67. The van der Waals surface area contributed by atoms with Crippen molar-refractivity contribution in [2.45, 2.75) is 32.4 Å². The van der Waals surface area contributed by atoms with Crippen LogP contribution >= 0.6 is 0 Å². The first kappa shape index (κ1) is 13.9. The average molecular weight is 266 g/mol. The maximum Gasteiger partial charge on any atom is 0.409 e. The molecule has 1 aliphatic heterocycles. The molecule has 0 bridgehead atoms. The topological polar surface area (TPSA) is 59.4 Å². The van der Waals surface area contributed by atoms with E-state index in [9.17, 15) is 4.79 Å². The number of nitrogens with zero attached hydrogens (tertiary/aromatic N) is 3. The molecule has 19 heavy (non-hydrogen) atoms. The Morgan fingerprint density at radius 1 is 1.53 bits per heavy atom. The van der Waals surface area contributed by atoms with Gasteiger partial charge in [0.05, 0.1) is 12.3 Å². The van der Waals surface area contributed by atoms with E-state index in [-0.39, 0.29) is 6.09 Å². The van der Waals surface area contributed by atoms with Crippen molar-refractivity contribution in [1.29, 1.82) is 0 Å². The Labute approximate surface area is 113 Å². The summed E-state index contributed by atoms with van der Waals surface area (Å²) in [5, 5.41) is 7.82. The molecule has 0 unspecified atom stereocenters. The lowest BCUT2D eigenvalue weighted by Gasteiger charge is -2.31. The number of ether oxygens (including phenoxy) is 1. The summed E-state index contributed by atoms with van der Waals surface area (Å²) < 4.78 is 6.81. The quantitative estimate of drug-likeness (QED) is 0.887. The fourth-order valence-corrected chi connectivity index (χ4v) is 2.29. The smallest absolute Gasteiger partial charge is 0.409 e. The van der Waals surface area contributed by atoms with Crippen LogP contribution in [0.25, 0.3) is 0 Å². The van der Waals surface area contributed by atoms with Crippen LogP contribution in [0.4, 0.5) is 4.79 Å². The van der Waals surface area contributed by atoms with Crippen LogP contribution in [0.5, 0.6) is 0 Å². The van der Waals surface area contributed by atoms with Crippen molar-refractivity contribution in [3.05, 3.63) is 18.0 Å². The van der Waals surface area contributed by atoms with Crippen LogP contribution in [-0.2, 0) is 18.3 Å². The summed E-state index contributed by atoms with van der Waals surface area (Å²) in [5.41, 5.74) is 1.05. The van der Waals surface area contributed by atoms with E-state index in [0.717, 1.165) is 38.2 Å². The molecule has 106 valence electrons. The van der Waals surface area contributed by atoms with Crippen molar-refractivity contribution < 1.29 is 9.53 Å². The largest absolute Gasteiger partial charge is 0.450 e. The predicted octanol–water partition coefficient (Wildman–Crippen LogP) is 1.13. The van der Waals surface area contributed by atoms with Gasteiger partial charge in [-0.15, -0.1) is 0 Å². The molecule has 1 aliphatic rings. The number of nitrogens with one attached hydrogen (secondary N) is 1. The summed E-state index contributed by atoms with van der Waals surface area (Å²) in [5.74, 6) is 0. The molecule has 0 saturated carbocycles. The average Bonchev–Trinajstić information content (AvgIpc) is 2.83. The van der Waals surface area contributed by atoms with Gasteiger partial charge in [0.2, 0.25) is 0 Å². The summed E-state index contributed by atoms with van der Waals surface area (Å²) in [7, 11) is 1.92. The molecule has 6 heteroatoms.